The zero-order valence-electron chi connectivity index (χ0n) is 24.1. The summed E-state index contributed by atoms with van der Waals surface area (Å²) in [5, 5.41) is 0.478. The monoisotopic (exact) mass is 602 g/mol. The molecule has 1 aromatic carbocycles. The molecule has 3 rings (SSSR count). The molecule has 9 nitrogen and oxygen atoms in total. The molecule has 0 saturated carbocycles. The Morgan fingerprint density at radius 2 is 1.77 bits per heavy atom. The summed E-state index contributed by atoms with van der Waals surface area (Å²) in [7, 11) is -0.0177. The molecule has 0 bridgehead atoms. The Morgan fingerprint density at radius 1 is 1.13 bits per heavy atom. The predicted molar refractivity (Wildman–Crippen MR) is 152 cm³/mol. The van der Waals surface area contributed by atoms with E-state index in [4.69, 9.17) is 42.1 Å². The minimum Gasteiger partial charge on any atom is -0.468 e. The number of rotatable bonds is 9. The molecule has 1 aromatic rings. The quantitative estimate of drug-likeness (QED) is 0.123. The first-order chi connectivity index (χ1) is 18.0. The zero-order chi connectivity index (χ0) is 29.3. The van der Waals surface area contributed by atoms with Gasteiger partial charge in [0.05, 0.1) is 23.2 Å². The maximum atomic E-state index is 13.8. The van der Waals surface area contributed by atoms with Crippen LogP contribution in [0.3, 0.4) is 0 Å². The van der Waals surface area contributed by atoms with Crippen LogP contribution in [0.5, 0.6) is 5.75 Å². The average molecular weight is 604 g/mol. The van der Waals surface area contributed by atoms with Crippen molar-refractivity contribution in [3.63, 3.8) is 0 Å². The van der Waals surface area contributed by atoms with E-state index in [0.717, 1.165) is 6.04 Å². The number of halogens is 2. The van der Waals surface area contributed by atoms with Crippen molar-refractivity contribution in [3.8, 4) is 5.75 Å². The summed E-state index contributed by atoms with van der Waals surface area (Å²) in [4.78, 5) is 42.5. The van der Waals surface area contributed by atoms with Crippen LogP contribution in [0, 0.1) is 5.41 Å². The number of hydrogen-bond acceptors (Lipinski definition) is 7. The first kappa shape index (κ1) is 31.5. The zero-order valence-corrected chi connectivity index (χ0v) is 26.6. The fourth-order valence-corrected chi connectivity index (χ4v) is 5.92. The second-order valence-electron chi connectivity index (χ2n) is 12.5. The van der Waals surface area contributed by atoms with Crippen molar-refractivity contribution in [1.29, 1.82) is 0 Å². The fraction of sp³-hybridized carbons (Fsp3) is 0.667. The number of benzene rings is 1. The van der Waals surface area contributed by atoms with Gasteiger partial charge in [-0.15, -0.1) is 0 Å². The van der Waals surface area contributed by atoms with Crippen molar-refractivity contribution >= 4 is 49.2 Å². The minimum absolute atomic E-state index is 0.0117. The standard InChI is InChI=1S/C27H40Cl2N2O7Si/c1-26(2,3)38-25(34)30-13-17(14-30)31-15-18(27(4,23(31)32)24(33)35-5)21-20(10-9-19(28)22(21)29)37-16-36-11-12-39(6,7)8/h9-10,17-18H,11-16H2,1-8H3. The van der Waals surface area contributed by atoms with Crippen LogP contribution >= 0.6 is 23.2 Å². The van der Waals surface area contributed by atoms with E-state index >= 15 is 0 Å². The van der Waals surface area contributed by atoms with E-state index in [-0.39, 0.29) is 29.4 Å². The lowest BCUT2D eigenvalue weighted by Gasteiger charge is -2.44. The largest absolute Gasteiger partial charge is 0.468 e. The molecule has 2 aliphatic heterocycles. The van der Waals surface area contributed by atoms with Crippen molar-refractivity contribution < 1.29 is 33.3 Å². The Balaban J connectivity index is 1.85. The Bertz CT molecular complexity index is 1100. The first-order valence-corrected chi connectivity index (χ1v) is 17.5. The Kier molecular flexibility index (Phi) is 9.57. The van der Waals surface area contributed by atoms with Crippen LogP contribution in [-0.4, -0.2) is 87.6 Å². The number of likely N-dealkylation sites (tertiary alicyclic amines) is 2. The summed E-state index contributed by atoms with van der Waals surface area (Å²) in [6.07, 6.45) is -0.444. The normalized spacial score (nSPS) is 22.1. The van der Waals surface area contributed by atoms with Crippen molar-refractivity contribution in [2.45, 2.75) is 70.9 Å². The number of amides is 2. The molecule has 2 unspecified atom stereocenters. The van der Waals surface area contributed by atoms with E-state index in [1.54, 1.807) is 44.7 Å². The molecule has 2 saturated heterocycles. The van der Waals surface area contributed by atoms with E-state index in [1.807, 2.05) is 0 Å². The first-order valence-electron chi connectivity index (χ1n) is 13.1. The molecule has 0 spiro atoms. The lowest BCUT2D eigenvalue weighted by atomic mass is 9.75. The van der Waals surface area contributed by atoms with E-state index in [0.29, 0.717) is 31.0 Å². The third-order valence-corrected chi connectivity index (χ3v) is 9.60. The Hall–Kier alpha value is -2.01. The van der Waals surface area contributed by atoms with Crippen molar-refractivity contribution in [2.75, 3.05) is 40.1 Å². The topological polar surface area (TPSA) is 94.6 Å². The van der Waals surface area contributed by atoms with Gasteiger partial charge in [-0.2, -0.15) is 0 Å². The number of carbonyl (C=O) groups excluding carboxylic acids is 3. The maximum Gasteiger partial charge on any atom is 0.410 e. The summed E-state index contributed by atoms with van der Waals surface area (Å²) >= 11 is 13.1. The fourth-order valence-electron chi connectivity index (χ4n) is 4.72. The molecule has 2 amide bonds. The van der Waals surface area contributed by atoms with Crippen molar-refractivity contribution in [2.24, 2.45) is 5.41 Å². The number of methoxy groups -OCH3 is 1. The summed E-state index contributed by atoms with van der Waals surface area (Å²) in [6.45, 7) is 15.0. The molecule has 0 aromatic heterocycles. The smallest absolute Gasteiger partial charge is 0.410 e. The Morgan fingerprint density at radius 3 is 2.33 bits per heavy atom. The molecule has 12 heteroatoms. The van der Waals surface area contributed by atoms with Gasteiger partial charge in [0.1, 0.15) is 11.4 Å². The number of hydrogen-bond donors (Lipinski definition) is 0. The molecule has 0 N–H and O–H groups in total. The highest BCUT2D eigenvalue weighted by Crippen LogP contribution is 2.51. The van der Waals surface area contributed by atoms with Gasteiger partial charge in [-0.3, -0.25) is 9.59 Å². The molecule has 2 atom stereocenters. The van der Waals surface area contributed by atoms with Gasteiger partial charge in [-0.25, -0.2) is 4.79 Å². The van der Waals surface area contributed by atoms with Gasteiger partial charge < -0.3 is 28.7 Å². The third-order valence-electron chi connectivity index (χ3n) is 7.08. The molecule has 218 valence electrons. The van der Waals surface area contributed by atoms with Crippen LogP contribution < -0.4 is 4.74 Å². The molecule has 0 radical (unpaired) electrons. The van der Waals surface area contributed by atoms with Crippen LogP contribution in [0.15, 0.2) is 12.1 Å². The van der Waals surface area contributed by atoms with Gasteiger partial charge in [0, 0.05) is 45.8 Å². The lowest BCUT2D eigenvalue weighted by Crippen LogP contribution is -2.62. The van der Waals surface area contributed by atoms with E-state index in [2.05, 4.69) is 19.6 Å². The number of ether oxygens (including phenoxy) is 4. The highest BCUT2D eigenvalue weighted by molar-refractivity contribution is 6.76. The van der Waals surface area contributed by atoms with Crippen LogP contribution in [0.25, 0.3) is 0 Å². The highest BCUT2D eigenvalue weighted by atomic mass is 35.5. The van der Waals surface area contributed by atoms with Crippen LogP contribution in [0.2, 0.25) is 35.7 Å². The second-order valence-corrected chi connectivity index (χ2v) is 18.9. The molecular formula is C27H40Cl2N2O7Si. The van der Waals surface area contributed by atoms with E-state index in [9.17, 15) is 14.4 Å². The maximum absolute atomic E-state index is 13.8. The summed E-state index contributed by atoms with van der Waals surface area (Å²) in [5.41, 5.74) is -1.75. The number of carbonyl (C=O) groups is 3. The summed E-state index contributed by atoms with van der Waals surface area (Å²) in [5.74, 6) is -1.41. The molecule has 2 aliphatic rings. The average Bonchev–Trinajstić information content (AvgIpc) is 3.04. The molecule has 2 heterocycles. The molecule has 39 heavy (non-hydrogen) atoms. The van der Waals surface area contributed by atoms with Crippen LogP contribution in [-0.2, 0) is 23.8 Å². The van der Waals surface area contributed by atoms with Gasteiger partial charge in [0.2, 0.25) is 5.91 Å². The van der Waals surface area contributed by atoms with Crippen LogP contribution in [0.4, 0.5) is 4.79 Å². The summed E-state index contributed by atoms with van der Waals surface area (Å²) in [6, 6.07) is 3.98. The van der Waals surface area contributed by atoms with Gasteiger partial charge in [-0.1, -0.05) is 42.8 Å². The molecule has 0 aliphatic carbocycles. The van der Waals surface area contributed by atoms with Crippen molar-refractivity contribution in [3.05, 3.63) is 27.7 Å². The van der Waals surface area contributed by atoms with Gasteiger partial charge in [0.15, 0.2) is 12.2 Å². The van der Waals surface area contributed by atoms with E-state index < -0.39 is 43.0 Å². The van der Waals surface area contributed by atoms with Gasteiger partial charge in [-0.05, 0) is 45.9 Å². The highest BCUT2D eigenvalue weighted by Gasteiger charge is 2.61. The third kappa shape index (κ3) is 7.01. The van der Waals surface area contributed by atoms with E-state index in [1.165, 1.54) is 12.0 Å². The molecular weight excluding hydrogens is 563 g/mol. The number of nitrogens with zero attached hydrogens (tertiary/aromatic N) is 2. The minimum atomic E-state index is -1.58. The predicted octanol–water partition coefficient (Wildman–Crippen LogP) is 5.41. The number of esters is 1. The van der Waals surface area contributed by atoms with Gasteiger partial charge >= 0.3 is 12.1 Å². The van der Waals surface area contributed by atoms with Gasteiger partial charge in [0.25, 0.3) is 0 Å². The summed E-state index contributed by atoms with van der Waals surface area (Å²) < 4.78 is 22.2. The van der Waals surface area contributed by atoms with Crippen LogP contribution in [0.1, 0.15) is 39.2 Å². The van der Waals surface area contributed by atoms with Crippen molar-refractivity contribution in [1.82, 2.24) is 9.80 Å². The lowest BCUT2D eigenvalue weighted by molar-refractivity contribution is -0.160. The Labute approximate surface area is 242 Å². The SMILES string of the molecule is COC(=O)C1(C)C(=O)N(C2CN(C(=O)OC(C)(C)C)C2)CC1c1c(OCOCC[Si](C)(C)C)ccc(Cl)c1Cl. The molecule has 2 fully saturated rings. The second kappa shape index (κ2) is 11.8.